The molecule has 0 amide bonds. The molecule has 0 aliphatic rings. The fourth-order valence-electron chi connectivity index (χ4n) is 0.976. The van der Waals surface area contributed by atoms with Crippen molar-refractivity contribution >= 4 is 22.6 Å². The topological polar surface area (TPSA) is 42.2 Å². The molecule has 0 saturated carbocycles. The van der Waals surface area contributed by atoms with Gasteiger partial charge in [-0.3, -0.25) is 0 Å². The molecule has 13 heavy (non-hydrogen) atoms. The van der Waals surface area contributed by atoms with Crippen molar-refractivity contribution in [1.29, 1.82) is 5.26 Å². The smallest absolute Gasteiger partial charge is 0.175 e. The van der Waals surface area contributed by atoms with Gasteiger partial charge in [0.15, 0.2) is 11.5 Å². The van der Waals surface area contributed by atoms with Gasteiger partial charge in [-0.2, -0.15) is 5.26 Å². The molecular weight excluding hydrogens is 281 g/mol. The zero-order valence-electron chi connectivity index (χ0n) is 7.30. The van der Waals surface area contributed by atoms with Crippen molar-refractivity contribution in [2.45, 2.75) is 0 Å². The van der Waals surface area contributed by atoms with Crippen molar-refractivity contribution in [3.05, 3.63) is 21.3 Å². The molecule has 0 aromatic heterocycles. The monoisotopic (exact) mass is 289 g/mol. The number of benzene rings is 1. The van der Waals surface area contributed by atoms with E-state index in [2.05, 4.69) is 28.7 Å². The second kappa shape index (κ2) is 4.33. The Kier molecular flexibility index (Phi) is 3.37. The second-order valence-corrected chi connectivity index (χ2v) is 3.35. The molecule has 0 fully saturated rings. The largest absolute Gasteiger partial charge is 0.493 e. The maximum Gasteiger partial charge on any atom is 0.175 e. The second-order valence-electron chi connectivity index (χ2n) is 2.27. The van der Waals surface area contributed by atoms with Crippen molar-refractivity contribution in [3.8, 4) is 17.6 Å². The zero-order valence-corrected chi connectivity index (χ0v) is 9.45. The van der Waals surface area contributed by atoms with Gasteiger partial charge >= 0.3 is 0 Å². The Morgan fingerprint density at radius 1 is 1.31 bits per heavy atom. The average molecular weight is 289 g/mol. The number of ether oxygens (including phenoxy) is 2. The Labute approximate surface area is 90.4 Å². The first-order chi connectivity index (χ1) is 6.24. The standard InChI is InChI=1S/C9H8INO2/c1-12-7-4-3-6(5-11)8(10)9(7)13-2/h3-4H,1-2H3. The highest BCUT2D eigenvalue weighted by Crippen LogP contribution is 2.33. The molecular formula is C9H8INO2. The predicted octanol–water partition coefficient (Wildman–Crippen LogP) is 2.18. The molecule has 4 heteroatoms. The molecule has 0 saturated heterocycles. The number of hydrogen-bond donors (Lipinski definition) is 0. The van der Waals surface area contributed by atoms with Crippen LogP contribution in [0.5, 0.6) is 11.5 Å². The van der Waals surface area contributed by atoms with Crippen LogP contribution in [-0.2, 0) is 0 Å². The molecule has 0 N–H and O–H groups in total. The fourth-order valence-corrected chi connectivity index (χ4v) is 1.76. The van der Waals surface area contributed by atoms with E-state index in [0.717, 1.165) is 3.57 Å². The number of halogens is 1. The third kappa shape index (κ3) is 1.86. The van der Waals surface area contributed by atoms with Gasteiger partial charge in [0.25, 0.3) is 0 Å². The first-order valence-electron chi connectivity index (χ1n) is 3.55. The summed E-state index contributed by atoms with van der Waals surface area (Å²) in [6, 6.07) is 5.51. The third-order valence-electron chi connectivity index (χ3n) is 1.61. The molecule has 0 aliphatic carbocycles. The van der Waals surface area contributed by atoms with Gasteiger partial charge in [0, 0.05) is 0 Å². The SMILES string of the molecule is COc1ccc(C#N)c(I)c1OC. The van der Waals surface area contributed by atoms with Crippen LogP contribution in [0.3, 0.4) is 0 Å². The summed E-state index contributed by atoms with van der Waals surface area (Å²) in [4.78, 5) is 0. The predicted molar refractivity (Wildman–Crippen MR) is 57.0 cm³/mol. The van der Waals surface area contributed by atoms with Crippen LogP contribution in [0.2, 0.25) is 0 Å². The third-order valence-corrected chi connectivity index (χ3v) is 2.68. The zero-order chi connectivity index (χ0) is 9.84. The van der Waals surface area contributed by atoms with Gasteiger partial charge in [0.1, 0.15) is 6.07 Å². The van der Waals surface area contributed by atoms with E-state index in [1.165, 1.54) is 0 Å². The van der Waals surface area contributed by atoms with Crippen LogP contribution in [0.1, 0.15) is 5.56 Å². The quantitative estimate of drug-likeness (QED) is 0.784. The maximum absolute atomic E-state index is 8.75. The fraction of sp³-hybridized carbons (Fsp3) is 0.222. The summed E-state index contributed by atoms with van der Waals surface area (Å²) in [5.74, 6) is 1.26. The Morgan fingerprint density at radius 3 is 2.46 bits per heavy atom. The molecule has 68 valence electrons. The van der Waals surface area contributed by atoms with Gasteiger partial charge in [0.2, 0.25) is 0 Å². The normalized spacial score (nSPS) is 9.08. The number of nitrogens with zero attached hydrogens (tertiary/aromatic N) is 1. The highest BCUT2D eigenvalue weighted by molar-refractivity contribution is 14.1. The maximum atomic E-state index is 8.75. The lowest BCUT2D eigenvalue weighted by Crippen LogP contribution is -1.94. The summed E-state index contributed by atoms with van der Waals surface area (Å²) in [5, 5.41) is 8.75. The van der Waals surface area contributed by atoms with Gasteiger partial charge < -0.3 is 9.47 Å². The highest BCUT2D eigenvalue weighted by Gasteiger charge is 2.11. The minimum Gasteiger partial charge on any atom is -0.493 e. The summed E-state index contributed by atoms with van der Waals surface area (Å²) < 4.78 is 11.0. The van der Waals surface area contributed by atoms with E-state index in [9.17, 15) is 0 Å². The molecule has 0 spiro atoms. The Morgan fingerprint density at radius 2 is 2.00 bits per heavy atom. The molecule has 0 radical (unpaired) electrons. The van der Waals surface area contributed by atoms with Gasteiger partial charge in [-0.05, 0) is 34.7 Å². The first kappa shape index (κ1) is 10.1. The van der Waals surface area contributed by atoms with Gasteiger partial charge in [-0.15, -0.1) is 0 Å². The van der Waals surface area contributed by atoms with Crippen molar-refractivity contribution in [2.24, 2.45) is 0 Å². The van der Waals surface area contributed by atoms with Gasteiger partial charge in [-0.1, -0.05) is 0 Å². The van der Waals surface area contributed by atoms with Crippen LogP contribution < -0.4 is 9.47 Å². The van der Waals surface area contributed by atoms with E-state index < -0.39 is 0 Å². The Balaban J connectivity index is 3.34. The molecule has 1 aromatic carbocycles. The van der Waals surface area contributed by atoms with Crippen LogP contribution in [0.25, 0.3) is 0 Å². The molecule has 0 heterocycles. The minimum absolute atomic E-state index is 0.596. The summed E-state index contributed by atoms with van der Waals surface area (Å²) in [5.41, 5.74) is 0.596. The molecule has 0 bridgehead atoms. The first-order valence-corrected chi connectivity index (χ1v) is 4.63. The molecule has 1 aromatic rings. The Bertz CT molecular complexity index is 357. The number of hydrogen-bond acceptors (Lipinski definition) is 3. The summed E-state index contributed by atoms with van der Waals surface area (Å²) in [6.45, 7) is 0. The van der Waals surface area contributed by atoms with Crippen LogP contribution in [0.15, 0.2) is 12.1 Å². The summed E-state index contributed by atoms with van der Waals surface area (Å²) in [7, 11) is 3.13. The molecule has 1 rings (SSSR count). The lowest BCUT2D eigenvalue weighted by atomic mass is 10.2. The Hall–Kier alpha value is -0.960. The van der Waals surface area contributed by atoms with Crippen molar-refractivity contribution < 1.29 is 9.47 Å². The van der Waals surface area contributed by atoms with Gasteiger partial charge in [0.05, 0.1) is 23.4 Å². The number of methoxy groups -OCH3 is 2. The van der Waals surface area contributed by atoms with E-state index >= 15 is 0 Å². The lowest BCUT2D eigenvalue weighted by molar-refractivity contribution is 0.353. The number of nitriles is 1. The molecule has 0 atom stereocenters. The average Bonchev–Trinajstić information content (AvgIpc) is 2.17. The lowest BCUT2D eigenvalue weighted by Gasteiger charge is -2.09. The van der Waals surface area contributed by atoms with Gasteiger partial charge in [-0.25, -0.2) is 0 Å². The van der Waals surface area contributed by atoms with Crippen molar-refractivity contribution in [3.63, 3.8) is 0 Å². The van der Waals surface area contributed by atoms with E-state index in [1.807, 2.05) is 0 Å². The summed E-state index contributed by atoms with van der Waals surface area (Å²) in [6.07, 6.45) is 0. The van der Waals surface area contributed by atoms with Crippen LogP contribution in [-0.4, -0.2) is 14.2 Å². The molecule has 0 unspecified atom stereocenters. The van der Waals surface area contributed by atoms with Crippen LogP contribution in [0, 0.1) is 14.9 Å². The highest BCUT2D eigenvalue weighted by atomic mass is 127. The van der Waals surface area contributed by atoms with Crippen molar-refractivity contribution in [2.75, 3.05) is 14.2 Å². The van der Waals surface area contributed by atoms with E-state index in [0.29, 0.717) is 17.1 Å². The van der Waals surface area contributed by atoms with Crippen LogP contribution in [0.4, 0.5) is 0 Å². The molecule has 3 nitrogen and oxygen atoms in total. The van der Waals surface area contributed by atoms with Crippen LogP contribution >= 0.6 is 22.6 Å². The number of rotatable bonds is 2. The van der Waals surface area contributed by atoms with Crippen molar-refractivity contribution in [1.82, 2.24) is 0 Å². The minimum atomic E-state index is 0.596. The summed E-state index contributed by atoms with van der Waals surface area (Å²) >= 11 is 2.06. The van der Waals surface area contributed by atoms with E-state index in [4.69, 9.17) is 14.7 Å². The molecule has 0 aliphatic heterocycles. The van der Waals surface area contributed by atoms with E-state index in [1.54, 1.807) is 26.4 Å². The van der Waals surface area contributed by atoms with E-state index in [-0.39, 0.29) is 0 Å².